The summed E-state index contributed by atoms with van der Waals surface area (Å²) in [4.78, 5) is 11.7. The van der Waals surface area contributed by atoms with Gasteiger partial charge in [0.05, 0.1) is 17.8 Å². The summed E-state index contributed by atoms with van der Waals surface area (Å²) in [7, 11) is 0. The molecule has 1 aromatic carbocycles. The maximum Gasteiger partial charge on any atom is 0.390 e. The third-order valence-electron chi connectivity index (χ3n) is 2.78. The van der Waals surface area contributed by atoms with Crippen LogP contribution in [0.1, 0.15) is 6.42 Å². The van der Waals surface area contributed by atoms with Crippen LogP contribution in [0.3, 0.4) is 0 Å². The third-order valence-corrected chi connectivity index (χ3v) is 2.78. The zero-order valence-corrected chi connectivity index (χ0v) is 10.1. The Bertz CT molecular complexity index is 462. The van der Waals surface area contributed by atoms with Crippen molar-refractivity contribution in [3.8, 4) is 0 Å². The van der Waals surface area contributed by atoms with E-state index in [4.69, 9.17) is 0 Å². The average molecular weight is 273 g/mol. The standard InChI is InChI=1S/C12H14F3N3O/c13-12(14,15)5-6-16-11(19)10-7-17-8-3-1-2-4-9(8)18-10/h1-4,10,17-18H,5-7H2,(H,16,19). The highest BCUT2D eigenvalue weighted by atomic mass is 19.4. The van der Waals surface area contributed by atoms with Gasteiger partial charge in [-0.05, 0) is 12.1 Å². The summed E-state index contributed by atoms with van der Waals surface area (Å²) in [6.07, 6.45) is -5.27. The molecule has 1 amide bonds. The zero-order valence-electron chi connectivity index (χ0n) is 10.1. The topological polar surface area (TPSA) is 53.2 Å². The Morgan fingerprint density at radius 3 is 2.68 bits per heavy atom. The molecule has 4 nitrogen and oxygen atoms in total. The first-order valence-corrected chi connectivity index (χ1v) is 5.89. The van der Waals surface area contributed by atoms with Crippen LogP contribution in [0.15, 0.2) is 24.3 Å². The summed E-state index contributed by atoms with van der Waals surface area (Å²) in [5.41, 5.74) is 1.64. The van der Waals surface area contributed by atoms with E-state index in [1.165, 1.54) is 0 Å². The van der Waals surface area contributed by atoms with Gasteiger partial charge in [0.25, 0.3) is 0 Å². The molecular weight excluding hydrogens is 259 g/mol. The number of anilines is 2. The molecule has 2 rings (SSSR count). The summed E-state index contributed by atoms with van der Waals surface area (Å²) in [5.74, 6) is -0.439. The van der Waals surface area contributed by atoms with E-state index >= 15 is 0 Å². The number of amides is 1. The molecule has 0 aliphatic carbocycles. The maximum atomic E-state index is 12.0. The molecule has 1 unspecified atom stereocenters. The second kappa shape index (κ2) is 5.38. The molecule has 1 aliphatic rings. The minimum atomic E-state index is -4.25. The van der Waals surface area contributed by atoms with Gasteiger partial charge in [-0.1, -0.05) is 12.1 Å². The fourth-order valence-electron chi connectivity index (χ4n) is 1.82. The number of benzene rings is 1. The lowest BCUT2D eigenvalue weighted by Gasteiger charge is -2.27. The number of hydrogen-bond acceptors (Lipinski definition) is 3. The van der Waals surface area contributed by atoms with E-state index in [0.29, 0.717) is 6.54 Å². The van der Waals surface area contributed by atoms with Crippen molar-refractivity contribution in [2.45, 2.75) is 18.6 Å². The monoisotopic (exact) mass is 273 g/mol. The molecule has 0 saturated carbocycles. The van der Waals surface area contributed by atoms with Crippen LogP contribution in [-0.4, -0.2) is 31.2 Å². The van der Waals surface area contributed by atoms with Gasteiger partial charge in [0.15, 0.2) is 0 Å². The molecule has 1 aliphatic heterocycles. The molecule has 0 spiro atoms. The molecule has 3 N–H and O–H groups in total. The number of carbonyl (C=O) groups is 1. The van der Waals surface area contributed by atoms with Crippen molar-refractivity contribution in [1.82, 2.24) is 5.32 Å². The number of alkyl halides is 3. The van der Waals surface area contributed by atoms with Crippen molar-refractivity contribution in [2.24, 2.45) is 0 Å². The van der Waals surface area contributed by atoms with E-state index in [1.54, 1.807) is 6.07 Å². The van der Waals surface area contributed by atoms with Crippen molar-refractivity contribution >= 4 is 17.3 Å². The normalized spacial score (nSPS) is 17.9. The van der Waals surface area contributed by atoms with Crippen molar-refractivity contribution in [3.05, 3.63) is 24.3 Å². The number of rotatable bonds is 3. The van der Waals surface area contributed by atoms with Crippen LogP contribution in [0.5, 0.6) is 0 Å². The fourth-order valence-corrected chi connectivity index (χ4v) is 1.82. The van der Waals surface area contributed by atoms with E-state index in [0.717, 1.165) is 11.4 Å². The van der Waals surface area contributed by atoms with Crippen molar-refractivity contribution < 1.29 is 18.0 Å². The number of fused-ring (bicyclic) bond motifs is 1. The summed E-state index contributed by atoms with van der Waals surface area (Å²) < 4.78 is 35.9. The van der Waals surface area contributed by atoms with Crippen molar-refractivity contribution in [3.63, 3.8) is 0 Å². The molecule has 0 bridgehead atoms. The van der Waals surface area contributed by atoms with Gasteiger partial charge in [-0.3, -0.25) is 4.79 Å². The Hall–Kier alpha value is -1.92. The second-order valence-corrected chi connectivity index (χ2v) is 4.28. The van der Waals surface area contributed by atoms with Crippen LogP contribution in [0.4, 0.5) is 24.5 Å². The van der Waals surface area contributed by atoms with Gasteiger partial charge in [-0.2, -0.15) is 13.2 Å². The molecule has 0 saturated heterocycles. The predicted molar refractivity (Wildman–Crippen MR) is 66.0 cm³/mol. The number of nitrogens with one attached hydrogen (secondary N) is 3. The minimum Gasteiger partial charge on any atom is -0.381 e. The van der Waals surface area contributed by atoms with Crippen LogP contribution in [0.25, 0.3) is 0 Å². The largest absolute Gasteiger partial charge is 0.390 e. The number of para-hydroxylation sites is 2. The average Bonchev–Trinajstić information content (AvgIpc) is 2.36. The molecule has 1 heterocycles. The highest BCUT2D eigenvalue weighted by molar-refractivity contribution is 5.88. The quantitative estimate of drug-likeness (QED) is 0.789. The molecule has 19 heavy (non-hydrogen) atoms. The number of carbonyl (C=O) groups excluding carboxylic acids is 1. The SMILES string of the molecule is O=C(NCCC(F)(F)F)C1CNc2ccccc2N1. The van der Waals surface area contributed by atoms with Gasteiger partial charge in [-0.15, -0.1) is 0 Å². The Morgan fingerprint density at radius 2 is 2.00 bits per heavy atom. The first kappa shape index (κ1) is 13.5. The third kappa shape index (κ3) is 3.77. The second-order valence-electron chi connectivity index (χ2n) is 4.28. The van der Waals surface area contributed by atoms with Crippen molar-refractivity contribution in [2.75, 3.05) is 23.7 Å². The van der Waals surface area contributed by atoms with Crippen LogP contribution in [0, 0.1) is 0 Å². The zero-order chi connectivity index (χ0) is 13.9. The molecule has 0 fully saturated rings. The summed E-state index contributed by atoms with van der Waals surface area (Å²) >= 11 is 0. The lowest BCUT2D eigenvalue weighted by Crippen LogP contribution is -2.46. The van der Waals surface area contributed by atoms with Crippen LogP contribution >= 0.6 is 0 Å². The van der Waals surface area contributed by atoms with E-state index in [-0.39, 0.29) is 0 Å². The lowest BCUT2D eigenvalue weighted by atomic mass is 10.1. The van der Waals surface area contributed by atoms with Gasteiger partial charge < -0.3 is 16.0 Å². The molecule has 7 heteroatoms. The molecule has 1 atom stereocenters. The molecule has 0 radical (unpaired) electrons. The Kier molecular flexibility index (Phi) is 3.82. The van der Waals surface area contributed by atoms with Gasteiger partial charge >= 0.3 is 6.18 Å². The Balaban J connectivity index is 1.85. The molecule has 1 aromatic rings. The predicted octanol–water partition coefficient (Wildman–Crippen LogP) is 1.96. The van der Waals surface area contributed by atoms with Gasteiger partial charge in [0.1, 0.15) is 6.04 Å². The molecule has 104 valence electrons. The summed E-state index contributed by atoms with van der Waals surface area (Å²) in [5, 5.41) is 8.32. The Labute approximate surface area is 108 Å². The van der Waals surface area contributed by atoms with Crippen LogP contribution in [0.2, 0.25) is 0 Å². The van der Waals surface area contributed by atoms with Gasteiger partial charge in [-0.25, -0.2) is 0 Å². The smallest absolute Gasteiger partial charge is 0.381 e. The molecule has 0 aromatic heterocycles. The van der Waals surface area contributed by atoms with E-state index in [9.17, 15) is 18.0 Å². The highest BCUT2D eigenvalue weighted by Gasteiger charge is 2.28. The van der Waals surface area contributed by atoms with Gasteiger partial charge in [0.2, 0.25) is 5.91 Å². The Morgan fingerprint density at radius 1 is 1.32 bits per heavy atom. The molecular formula is C12H14F3N3O. The number of halogens is 3. The maximum absolute atomic E-state index is 12.0. The first-order chi connectivity index (χ1) is 8.96. The minimum absolute atomic E-state index is 0.342. The van der Waals surface area contributed by atoms with Crippen LogP contribution < -0.4 is 16.0 Å². The van der Waals surface area contributed by atoms with E-state index in [2.05, 4.69) is 16.0 Å². The first-order valence-electron chi connectivity index (χ1n) is 5.89. The number of hydrogen-bond donors (Lipinski definition) is 3. The fraction of sp³-hybridized carbons (Fsp3) is 0.417. The summed E-state index contributed by atoms with van der Waals surface area (Å²) in [6.45, 7) is -0.0585. The van der Waals surface area contributed by atoms with E-state index < -0.39 is 31.1 Å². The lowest BCUT2D eigenvalue weighted by molar-refractivity contribution is -0.135. The van der Waals surface area contributed by atoms with Gasteiger partial charge in [0, 0.05) is 13.1 Å². The van der Waals surface area contributed by atoms with Crippen molar-refractivity contribution in [1.29, 1.82) is 0 Å². The van der Waals surface area contributed by atoms with E-state index in [1.807, 2.05) is 18.2 Å². The summed E-state index contributed by atoms with van der Waals surface area (Å²) in [6, 6.07) is 6.77. The van der Waals surface area contributed by atoms with Crippen LogP contribution in [-0.2, 0) is 4.79 Å². The highest BCUT2D eigenvalue weighted by Crippen LogP contribution is 2.25.